The minimum Gasteiger partial charge on any atom is -0.493 e. The van der Waals surface area contributed by atoms with Crippen molar-refractivity contribution in [3.8, 4) is 11.5 Å². The summed E-state index contributed by atoms with van der Waals surface area (Å²) in [4.78, 5) is 11.1. The van der Waals surface area contributed by atoms with Gasteiger partial charge in [0.1, 0.15) is 5.88 Å². The maximum atomic E-state index is 11.1. The molecule has 0 aliphatic rings. The van der Waals surface area contributed by atoms with Gasteiger partial charge < -0.3 is 9.47 Å². The Morgan fingerprint density at radius 3 is 2.82 bits per heavy atom. The lowest BCUT2D eigenvalue weighted by Gasteiger charge is -2.08. The molecule has 0 atom stereocenters. The Labute approximate surface area is 132 Å². The van der Waals surface area contributed by atoms with E-state index in [1.807, 2.05) is 18.2 Å². The van der Waals surface area contributed by atoms with Gasteiger partial charge in [0.2, 0.25) is 11.2 Å². The van der Waals surface area contributed by atoms with E-state index in [0.29, 0.717) is 18.0 Å². The standard InChI is InChI=1S/C14H16ClN3O4/c1-20-11-4-3-10(7-12(11)21-2)5-6-18-9-14(22-17-18)16-13(19)8-15/h3-4,7,9H,5-6,8H2,1-2H3/p+1. The third-order valence-corrected chi connectivity index (χ3v) is 3.21. The Morgan fingerprint density at radius 2 is 2.14 bits per heavy atom. The van der Waals surface area contributed by atoms with Crippen molar-refractivity contribution in [3.05, 3.63) is 30.0 Å². The number of rotatable bonds is 7. The van der Waals surface area contributed by atoms with Gasteiger partial charge in [-0.05, 0) is 17.7 Å². The van der Waals surface area contributed by atoms with Crippen LogP contribution >= 0.6 is 11.6 Å². The second-order valence-electron chi connectivity index (χ2n) is 4.45. The van der Waals surface area contributed by atoms with Gasteiger partial charge in [-0.2, -0.15) is 0 Å². The molecular weight excluding hydrogens is 310 g/mol. The smallest absolute Gasteiger partial charge is 0.302 e. The van der Waals surface area contributed by atoms with Crippen molar-refractivity contribution >= 4 is 23.4 Å². The van der Waals surface area contributed by atoms with Gasteiger partial charge >= 0.3 is 5.88 Å². The second-order valence-corrected chi connectivity index (χ2v) is 4.72. The van der Waals surface area contributed by atoms with E-state index in [-0.39, 0.29) is 17.7 Å². The summed E-state index contributed by atoms with van der Waals surface area (Å²) in [5, 5.41) is 6.31. The van der Waals surface area contributed by atoms with E-state index < -0.39 is 0 Å². The molecule has 1 heterocycles. The number of carbonyl (C=O) groups excluding carboxylic acids is 1. The van der Waals surface area contributed by atoms with Crippen LogP contribution in [0.5, 0.6) is 11.5 Å². The number of nitrogens with one attached hydrogen (secondary N) is 1. The van der Waals surface area contributed by atoms with Crippen molar-refractivity contribution in [1.82, 2.24) is 5.27 Å². The molecule has 0 fully saturated rings. The normalized spacial score (nSPS) is 10.3. The highest BCUT2D eigenvalue weighted by molar-refractivity contribution is 6.28. The first kappa shape index (κ1) is 16.1. The van der Waals surface area contributed by atoms with Crippen molar-refractivity contribution in [2.45, 2.75) is 13.0 Å². The predicted molar refractivity (Wildman–Crippen MR) is 79.3 cm³/mol. The second kappa shape index (κ2) is 7.65. The number of amides is 1. The lowest BCUT2D eigenvalue weighted by atomic mass is 10.1. The fraction of sp³-hybridized carbons (Fsp3) is 0.357. The zero-order valence-electron chi connectivity index (χ0n) is 12.3. The first-order chi connectivity index (χ1) is 10.7. The number of hydrogen-bond donors (Lipinski definition) is 1. The van der Waals surface area contributed by atoms with E-state index in [9.17, 15) is 4.79 Å². The monoisotopic (exact) mass is 326 g/mol. The van der Waals surface area contributed by atoms with Crippen molar-refractivity contribution in [1.29, 1.82) is 0 Å². The number of alkyl halides is 1. The molecule has 1 aromatic carbocycles. The number of nitrogens with zero attached hydrogens (tertiary/aromatic N) is 2. The summed E-state index contributed by atoms with van der Waals surface area (Å²) in [6.45, 7) is 0.593. The maximum absolute atomic E-state index is 11.1. The van der Waals surface area contributed by atoms with E-state index in [4.69, 9.17) is 25.6 Å². The SMILES string of the molecule is COc1ccc(CC[n+]2cc(NC(=O)CCl)on2)cc1OC. The molecule has 0 saturated heterocycles. The van der Waals surface area contributed by atoms with E-state index in [2.05, 4.69) is 10.6 Å². The minimum atomic E-state index is -0.343. The van der Waals surface area contributed by atoms with Crippen LogP contribution in [0.2, 0.25) is 0 Å². The Morgan fingerprint density at radius 1 is 1.36 bits per heavy atom. The molecule has 1 amide bonds. The molecule has 0 aliphatic heterocycles. The zero-order chi connectivity index (χ0) is 15.9. The third kappa shape index (κ3) is 4.11. The third-order valence-electron chi connectivity index (χ3n) is 2.97. The van der Waals surface area contributed by atoms with Crippen LogP contribution in [0.1, 0.15) is 5.56 Å². The van der Waals surface area contributed by atoms with Crippen LogP contribution < -0.4 is 19.5 Å². The fourth-order valence-corrected chi connectivity index (χ4v) is 1.96. The molecule has 8 heteroatoms. The van der Waals surface area contributed by atoms with Gasteiger partial charge in [0.25, 0.3) is 6.20 Å². The molecule has 0 spiro atoms. The number of ether oxygens (including phenoxy) is 2. The number of anilines is 1. The molecule has 1 N–H and O–H groups in total. The number of aromatic nitrogens is 2. The molecule has 118 valence electrons. The lowest BCUT2D eigenvalue weighted by molar-refractivity contribution is -0.761. The molecule has 0 unspecified atom stereocenters. The summed E-state index contributed by atoms with van der Waals surface area (Å²) in [7, 11) is 3.19. The molecule has 0 aliphatic carbocycles. The molecule has 1 aromatic heterocycles. The van der Waals surface area contributed by atoms with Gasteiger partial charge in [-0.15, -0.1) is 11.6 Å². The zero-order valence-corrected chi connectivity index (χ0v) is 13.1. The minimum absolute atomic E-state index is 0.133. The first-order valence-electron chi connectivity index (χ1n) is 6.59. The molecule has 0 radical (unpaired) electrons. The Kier molecular flexibility index (Phi) is 5.60. The Bertz CT molecular complexity index is 645. The van der Waals surface area contributed by atoms with Crippen LogP contribution in [0.15, 0.2) is 28.9 Å². The summed E-state index contributed by atoms with van der Waals surface area (Å²) in [6, 6.07) is 5.72. The molecule has 0 bridgehead atoms. The number of carbonyl (C=O) groups is 1. The van der Waals surface area contributed by atoms with Gasteiger partial charge in [0.15, 0.2) is 18.0 Å². The van der Waals surface area contributed by atoms with Crippen molar-refractivity contribution < 1.29 is 23.5 Å². The lowest BCUT2D eigenvalue weighted by Crippen LogP contribution is -2.35. The van der Waals surface area contributed by atoms with Crippen LogP contribution in [-0.2, 0) is 17.8 Å². The predicted octanol–water partition coefficient (Wildman–Crippen LogP) is 1.40. The molecule has 22 heavy (non-hydrogen) atoms. The van der Waals surface area contributed by atoms with Crippen LogP contribution in [-0.4, -0.2) is 31.3 Å². The Hall–Kier alpha value is -2.28. The average molecular weight is 327 g/mol. The van der Waals surface area contributed by atoms with E-state index in [0.717, 1.165) is 12.0 Å². The number of methoxy groups -OCH3 is 2. The maximum Gasteiger partial charge on any atom is 0.302 e. The number of aryl methyl sites for hydroxylation is 2. The van der Waals surface area contributed by atoms with Crippen LogP contribution in [0.3, 0.4) is 0 Å². The highest BCUT2D eigenvalue weighted by Crippen LogP contribution is 2.27. The van der Waals surface area contributed by atoms with Crippen molar-refractivity contribution in [2.75, 3.05) is 25.4 Å². The summed E-state index contributed by atoms with van der Waals surface area (Å²) in [5.41, 5.74) is 1.07. The first-order valence-corrected chi connectivity index (χ1v) is 7.13. The Balaban J connectivity index is 1.97. The van der Waals surface area contributed by atoms with Gasteiger partial charge in [-0.1, -0.05) is 10.7 Å². The van der Waals surface area contributed by atoms with Crippen LogP contribution in [0, 0.1) is 0 Å². The fourth-order valence-electron chi connectivity index (χ4n) is 1.89. The molecule has 0 saturated carbocycles. The topological polar surface area (TPSA) is 77.5 Å². The van der Waals surface area contributed by atoms with Crippen molar-refractivity contribution in [3.63, 3.8) is 0 Å². The summed E-state index contributed by atoms with van der Waals surface area (Å²) in [6.07, 6.45) is 2.33. The van der Waals surface area contributed by atoms with Crippen molar-refractivity contribution in [2.24, 2.45) is 0 Å². The summed E-state index contributed by atoms with van der Waals surface area (Å²) in [5.74, 6) is 1.15. The van der Waals surface area contributed by atoms with E-state index >= 15 is 0 Å². The molecule has 2 rings (SSSR count). The van der Waals surface area contributed by atoms with E-state index in [1.54, 1.807) is 25.1 Å². The highest BCUT2D eigenvalue weighted by Gasteiger charge is 2.14. The number of benzene rings is 1. The molecule has 2 aromatic rings. The van der Waals surface area contributed by atoms with Gasteiger partial charge in [0, 0.05) is 6.42 Å². The van der Waals surface area contributed by atoms with E-state index in [1.165, 1.54) is 0 Å². The van der Waals surface area contributed by atoms with Gasteiger partial charge in [0.05, 0.1) is 14.2 Å². The summed E-state index contributed by atoms with van der Waals surface area (Å²) >= 11 is 5.40. The quantitative estimate of drug-likeness (QED) is 0.614. The number of hydrogen-bond acceptors (Lipinski definition) is 5. The molecule has 7 nitrogen and oxygen atoms in total. The number of halogens is 1. The average Bonchev–Trinajstić information content (AvgIpc) is 2.99. The van der Waals surface area contributed by atoms with Crippen LogP contribution in [0.4, 0.5) is 5.88 Å². The largest absolute Gasteiger partial charge is 0.493 e. The molecular formula is C14H17ClN3O4+. The highest BCUT2D eigenvalue weighted by atomic mass is 35.5. The van der Waals surface area contributed by atoms with Gasteiger partial charge in [-0.25, -0.2) is 0 Å². The van der Waals surface area contributed by atoms with Gasteiger partial charge in [-0.3, -0.25) is 14.6 Å². The van der Waals surface area contributed by atoms with Crippen LogP contribution in [0.25, 0.3) is 0 Å². The summed E-state index contributed by atoms with van der Waals surface area (Å²) < 4.78 is 17.0.